The molecule has 1 aliphatic heterocycles. The van der Waals surface area contributed by atoms with Crippen LogP contribution in [0.4, 0.5) is 14.9 Å². The monoisotopic (exact) mass is 415 g/mol. The lowest BCUT2D eigenvalue weighted by molar-refractivity contribution is 0.115. The van der Waals surface area contributed by atoms with Crippen molar-refractivity contribution < 1.29 is 18.7 Å². The zero-order chi connectivity index (χ0) is 20.2. The van der Waals surface area contributed by atoms with Crippen LogP contribution in [0.1, 0.15) is 19.8 Å². The molecule has 29 heavy (non-hydrogen) atoms. The molecule has 8 heteroatoms. The fourth-order valence-electron chi connectivity index (χ4n) is 3.25. The van der Waals surface area contributed by atoms with E-state index in [4.69, 9.17) is 9.47 Å². The van der Waals surface area contributed by atoms with Crippen LogP contribution in [0.3, 0.4) is 0 Å². The van der Waals surface area contributed by atoms with Crippen LogP contribution in [0.25, 0.3) is 10.2 Å². The maximum atomic E-state index is 13.3. The highest BCUT2D eigenvalue weighted by molar-refractivity contribution is 7.20. The number of halogens is 1. The van der Waals surface area contributed by atoms with Crippen LogP contribution in [-0.2, 0) is 0 Å². The van der Waals surface area contributed by atoms with Crippen molar-refractivity contribution in [3.05, 3.63) is 48.3 Å². The first-order valence-corrected chi connectivity index (χ1v) is 10.4. The standard InChI is InChI=1S/C21H22FN3O3S/c1-2-27-16-6-4-15(5-7-16)23-20(26)25-11-9-17(10-12-25)28-21-24-18-8-3-14(22)13-19(18)29-21/h3-8,13,17H,2,9-12H2,1H3,(H,23,26). The predicted molar refractivity (Wildman–Crippen MR) is 111 cm³/mol. The van der Waals surface area contributed by atoms with Gasteiger partial charge in [-0.1, -0.05) is 11.3 Å². The van der Waals surface area contributed by atoms with Crippen LogP contribution in [-0.4, -0.2) is 41.7 Å². The number of aromatic nitrogens is 1. The molecule has 3 aromatic rings. The molecule has 1 aliphatic rings. The summed E-state index contributed by atoms with van der Waals surface area (Å²) < 4.78 is 25.5. The van der Waals surface area contributed by atoms with E-state index in [0.717, 1.165) is 34.5 Å². The smallest absolute Gasteiger partial charge is 0.321 e. The molecule has 0 radical (unpaired) electrons. The van der Waals surface area contributed by atoms with Gasteiger partial charge in [-0.25, -0.2) is 14.2 Å². The Kier molecular flexibility index (Phi) is 5.80. The van der Waals surface area contributed by atoms with Crippen LogP contribution < -0.4 is 14.8 Å². The number of fused-ring (bicyclic) bond motifs is 1. The number of hydrogen-bond acceptors (Lipinski definition) is 5. The highest BCUT2D eigenvalue weighted by Crippen LogP contribution is 2.30. The first-order chi connectivity index (χ1) is 14.1. The molecule has 1 N–H and O–H groups in total. The van der Waals surface area contributed by atoms with Crippen molar-refractivity contribution in [1.29, 1.82) is 0 Å². The summed E-state index contributed by atoms with van der Waals surface area (Å²) in [5.74, 6) is 0.501. The van der Waals surface area contributed by atoms with Crippen molar-refractivity contribution in [3.8, 4) is 10.9 Å². The zero-order valence-corrected chi connectivity index (χ0v) is 16.9. The van der Waals surface area contributed by atoms with Crippen LogP contribution >= 0.6 is 11.3 Å². The predicted octanol–water partition coefficient (Wildman–Crippen LogP) is 4.91. The third-order valence-electron chi connectivity index (χ3n) is 4.74. The zero-order valence-electron chi connectivity index (χ0n) is 16.1. The molecule has 0 spiro atoms. The molecule has 0 aliphatic carbocycles. The maximum Gasteiger partial charge on any atom is 0.321 e. The first-order valence-electron chi connectivity index (χ1n) is 9.62. The number of nitrogens with zero attached hydrogens (tertiary/aromatic N) is 2. The van der Waals surface area contributed by atoms with Gasteiger partial charge < -0.3 is 19.7 Å². The molecular weight excluding hydrogens is 393 g/mol. The molecule has 0 saturated carbocycles. The fourth-order valence-corrected chi connectivity index (χ4v) is 4.16. The average Bonchev–Trinajstić information content (AvgIpc) is 3.11. The van der Waals surface area contributed by atoms with E-state index in [-0.39, 0.29) is 18.0 Å². The van der Waals surface area contributed by atoms with Gasteiger partial charge in [-0.2, -0.15) is 0 Å². The number of nitrogens with one attached hydrogen (secondary N) is 1. The molecule has 4 rings (SSSR count). The molecule has 2 heterocycles. The van der Waals surface area contributed by atoms with Gasteiger partial charge in [0.15, 0.2) is 0 Å². The number of rotatable bonds is 5. The van der Waals surface area contributed by atoms with Crippen molar-refractivity contribution in [3.63, 3.8) is 0 Å². The van der Waals surface area contributed by atoms with Gasteiger partial charge in [0.1, 0.15) is 17.7 Å². The van der Waals surface area contributed by atoms with Gasteiger partial charge in [0.25, 0.3) is 5.19 Å². The number of hydrogen-bond donors (Lipinski definition) is 1. The third kappa shape index (κ3) is 4.76. The average molecular weight is 415 g/mol. The summed E-state index contributed by atoms with van der Waals surface area (Å²) in [5.41, 5.74) is 1.47. The number of thiazole rings is 1. The van der Waals surface area contributed by atoms with E-state index in [9.17, 15) is 9.18 Å². The molecule has 1 aromatic heterocycles. The van der Waals surface area contributed by atoms with Crippen LogP contribution in [0.15, 0.2) is 42.5 Å². The minimum absolute atomic E-state index is 0.00469. The van der Waals surface area contributed by atoms with E-state index >= 15 is 0 Å². The molecule has 1 fully saturated rings. The summed E-state index contributed by atoms with van der Waals surface area (Å²) in [5, 5.41) is 3.46. The Morgan fingerprint density at radius 3 is 2.72 bits per heavy atom. The normalized spacial score (nSPS) is 14.8. The maximum absolute atomic E-state index is 13.3. The minimum Gasteiger partial charge on any atom is -0.494 e. The Morgan fingerprint density at radius 2 is 2.00 bits per heavy atom. The molecule has 0 atom stereocenters. The molecule has 2 aromatic carbocycles. The molecular formula is C21H22FN3O3S. The number of likely N-dealkylation sites (tertiary alicyclic amines) is 1. The van der Waals surface area contributed by atoms with Crippen molar-refractivity contribution >= 4 is 33.3 Å². The van der Waals surface area contributed by atoms with Crippen LogP contribution in [0.5, 0.6) is 10.9 Å². The number of ether oxygens (including phenoxy) is 2. The van der Waals surface area contributed by atoms with E-state index in [0.29, 0.717) is 24.9 Å². The number of benzene rings is 2. The summed E-state index contributed by atoms with van der Waals surface area (Å²) in [4.78, 5) is 18.7. The van der Waals surface area contributed by atoms with Crippen molar-refractivity contribution in [2.75, 3.05) is 25.0 Å². The highest BCUT2D eigenvalue weighted by atomic mass is 32.1. The van der Waals surface area contributed by atoms with Gasteiger partial charge >= 0.3 is 6.03 Å². The first kappa shape index (κ1) is 19.4. The number of piperidine rings is 1. The summed E-state index contributed by atoms with van der Waals surface area (Å²) in [6.07, 6.45) is 1.44. The lowest BCUT2D eigenvalue weighted by atomic mass is 10.1. The second kappa shape index (κ2) is 8.65. The van der Waals surface area contributed by atoms with Crippen molar-refractivity contribution in [2.24, 2.45) is 0 Å². The quantitative estimate of drug-likeness (QED) is 0.643. The second-order valence-electron chi connectivity index (χ2n) is 6.78. The SMILES string of the molecule is CCOc1ccc(NC(=O)N2CCC(Oc3nc4ccc(F)cc4s3)CC2)cc1. The Labute approximate surface area is 172 Å². The number of urea groups is 1. The molecule has 0 unspecified atom stereocenters. The molecule has 6 nitrogen and oxygen atoms in total. The second-order valence-corrected chi connectivity index (χ2v) is 7.78. The van der Waals surface area contributed by atoms with Gasteiger partial charge in [0.2, 0.25) is 0 Å². The topological polar surface area (TPSA) is 63.7 Å². The van der Waals surface area contributed by atoms with E-state index in [1.165, 1.54) is 23.5 Å². The lowest BCUT2D eigenvalue weighted by Crippen LogP contribution is -2.43. The Hall–Kier alpha value is -2.87. The van der Waals surface area contributed by atoms with Gasteiger partial charge in [-0.3, -0.25) is 0 Å². The van der Waals surface area contributed by atoms with Gasteiger partial charge in [-0.15, -0.1) is 0 Å². The highest BCUT2D eigenvalue weighted by Gasteiger charge is 2.25. The summed E-state index contributed by atoms with van der Waals surface area (Å²) in [6.45, 7) is 3.75. The summed E-state index contributed by atoms with van der Waals surface area (Å²) in [6, 6.07) is 11.7. The number of anilines is 1. The van der Waals surface area contributed by atoms with Gasteiger partial charge in [0.05, 0.1) is 16.8 Å². The van der Waals surface area contributed by atoms with E-state index in [1.807, 2.05) is 31.2 Å². The van der Waals surface area contributed by atoms with E-state index in [2.05, 4.69) is 10.3 Å². The van der Waals surface area contributed by atoms with Crippen molar-refractivity contribution in [1.82, 2.24) is 9.88 Å². The van der Waals surface area contributed by atoms with Gasteiger partial charge in [0, 0.05) is 31.6 Å². The number of amides is 2. The summed E-state index contributed by atoms with van der Waals surface area (Å²) in [7, 11) is 0. The molecule has 2 amide bonds. The Morgan fingerprint density at radius 1 is 1.24 bits per heavy atom. The van der Waals surface area contributed by atoms with E-state index < -0.39 is 0 Å². The number of carbonyl (C=O) groups is 1. The van der Waals surface area contributed by atoms with E-state index in [1.54, 1.807) is 11.0 Å². The number of carbonyl (C=O) groups excluding carboxylic acids is 1. The molecule has 0 bridgehead atoms. The lowest BCUT2D eigenvalue weighted by Gasteiger charge is -2.31. The Bertz CT molecular complexity index is 985. The molecule has 152 valence electrons. The summed E-state index contributed by atoms with van der Waals surface area (Å²) >= 11 is 1.34. The Balaban J connectivity index is 1.28. The molecule has 1 saturated heterocycles. The van der Waals surface area contributed by atoms with Crippen molar-refractivity contribution in [2.45, 2.75) is 25.9 Å². The minimum atomic E-state index is -0.278. The third-order valence-corrected chi connectivity index (χ3v) is 5.65. The van der Waals surface area contributed by atoms with Crippen LogP contribution in [0.2, 0.25) is 0 Å². The fraction of sp³-hybridized carbons (Fsp3) is 0.333. The largest absolute Gasteiger partial charge is 0.494 e. The van der Waals surface area contributed by atoms with Gasteiger partial charge in [-0.05, 0) is 49.4 Å². The van der Waals surface area contributed by atoms with Crippen LogP contribution in [0, 0.1) is 5.82 Å².